The van der Waals surface area contributed by atoms with Gasteiger partial charge in [0.05, 0.1) is 17.1 Å². The lowest BCUT2D eigenvalue weighted by Crippen LogP contribution is -2.10. The van der Waals surface area contributed by atoms with Crippen molar-refractivity contribution in [1.82, 2.24) is 0 Å². The Kier molecular flexibility index (Phi) is 7.73. The van der Waals surface area contributed by atoms with E-state index >= 15 is 0 Å². The van der Waals surface area contributed by atoms with Crippen LogP contribution in [-0.2, 0) is 4.74 Å². The number of carboxylic acid groups (broad SMARTS) is 1. The molecule has 0 aromatic heterocycles. The molecule has 1 N–H and O–H groups in total. The molecule has 0 atom stereocenters. The largest absolute Gasteiger partial charge is 0.478 e. The summed E-state index contributed by atoms with van der Waals surface area (Å²) in [4.78, 5) is 32.9. The van der Waals surface area contributed by atoms with Gasteiger partial charge in [-0.05, 0) is 18.6 Å². The Morgan fingerprint density at radius 2 is 1.83 bits per heavy atom. The molecule has 23 heavy (non-hydrogen) atoms. The number of unbranched alkanes of at least 4 members (excludes halogenated alkanes) is 5. The predicted octanol–water partition coefficient (Wildman–Crippen LogP) is 3.81. The molecule has 0 spiro atoms. The van der Waals surface area contributed by atoms with Crippen molar-refractivity contribution in [2.24, 2.45) is 0 Å². The zero-order chi connectivity index (χ0) is 17.2. The second kappa shape index (κ2) is 9.55. The van der Waals surface area contributed by atoms with Gasteiger partial charge in [0, 0.05) is 6.07 Å². The van der Waals surface area contributed by atoms with E-state index in [0.29, 0.717) is 6.42 Å². The molecule has 0 aliphatic carbocycles. The Morgan fingerprint density at radius 3 is 2.43 bits per heavy atom. The molecule has 0 radical (unpaired) electrons. The highest BCUT2D eigenvalue weighted by atomic mass is 16.6. The summed E-state index contributed by atoms with van der Waals surface area (Å²) in [5.41, 5.74) is -1.03. The van der Waals surface area contributed by atoms with E-state index in [9.17, 15) is 19.7 Å². The minimum atomic E-state index is -1.29. The number of nitro benzene ring substituents is 1. The first-order valence-corrected chi connectivity index (χ1v) is 7.66. The van der Waals surface area contributed by atoms with E-state index in [4.69, 9.17) is 9.84 Å². The summed E-state index contributed by atoms with van der Waals surface area (Å²) < 4.78 is 5.03. The first-order chi connectivity index (χ1) is 11.0. The highest BCUT2D eigenvalue weighted by Crippen LogP contribution is 2.21. The third kappa shape index (κ3) is 6.06. The first kappa shape index (κ1) is 18.6. The maximum Gasteiger partial charge on any atom is 0.345 e. The van der Waals surface area contributed by atoms with Gasteiger partial charge in [0.2, 0.25) is 0 Å². The van der Waals surface area contributed by atoms with Gasteiger partial charge in [0.15, 0.2) is 0 Å². The number of aromatic carboxylic acids is 1. The van der Waals surface area contributed by atoms with Crippen molar-refractivity contribution in [2.45, 2.75) is 45.4 Å². The molecule has 1 aromatic carbocycles. The van der Waals surface area contributed by atoms with Crippen molar-refractivity contribution < 1.29 is 24.4 Å². The van der Waals surface area contributed by atoms with Crippen molar-refractivity contribution >= 4 is 17.6 Å². The number of nitrogens with zero attached hydrogens (tertiary/aromatic N) is 1. The number of carbonyl (C=O) groups excluding carboxylic acids is 1. The minimum absolute atomic E-state index is 0.197. The topological polar surface area (TPSA) is 107 Å². The molecular formula is C16H21NO6. The van der Waals surface area contributed by atoms with Crippen LogP contribution >= 0.6 is 0 Å². The molecule has 0 unspecified atom stereocenters. The molecular weight excluding hydrogens is 302 g/mol. The summed E-state index contributed by atoms with van der Waals surface area (Å²) in [7, 11) is 0. The lowest BCUT2D eigenvalue weighted by atomic mass is 10.1. The minimum Gasteiger partial charge on any atom is -0.478 e. The van der Waals surface area contributed by atoms with Gasteiger partial charge >= 0.3 is 11.9 Å². The number of rotatable bonds is 10. The molecule has 1 rings (SSSR count). The highest BCUT2D eigenvalue weighted by molar-refractivity contribution is 5.96. The zero-order valence-corrected chi connectivity index (χ0v) is 13.1. The standard InChI is InChI=1S/C16H21NO6/c1-2-3-4-5-6-7-10-23-16(20)13-9-8-12(15(18)19)11-14(13)17(21)22/h8-9,11H,2-7,10H2,1H3,(H,18,19). The number of carboxylic acids is 1. The molecule has 126 valence electrons. The Labute approximate surface area is 134 Å². The van der Waals surface area contributed by atoms with E-state index in [1.165, 1.54) is 6.42 Å². The van der Waals surface area contributed by atoms with Crippen molar-refractivity contribution in [3.8, 4) is 0 Å². The Hall–Kier alpha value is -2.44. The number of esters is 1. The molecule has 0 saturated heterocycles. The highest BCUT2D eigenvalue weighted by Gasteiger charge is 2.23. The Morgan fingerprint density at radius 1 is 1.17 bits per heavy atom. The fourth-order valence-corrected chi connectivity index (χ4v) is 2.11. The van der Waals surface area contributed by atoms with Crippen LogP contribution in [0.4, 0.5) is 5.69 Å². The van der Waals surface area contributed by atoms with Crippen LogP contribution in [0.2, 0.25) is 0 Å². The smallest absolute Gasteiger partial charge is 0.345 e. The number of carbonyl (C=O) groups is 2. The average molecular weight is 323 g/mol. The summed E-state index contributed by atoms with van der Waals surface area (Å²) in [6.45, 7) is 2.33. The molecule has 0 heterocycles. The van der Waals surface area contributed by atoms with Gasteiger partial charge in [-0.3, -0.25) is 10.1 Å². The first-order valence-electron chi connectivity index (χ1n) is 7.66. The number of hydrogen-bond donors (Lipinski definition) is 1. The lowest BCUT2D eigenvalue weighted by molar-refractivity contribution is -0.385. The fraction of sp³-hybridized carbons (Fsp3) is 0.500. The van der Waals surface area contributed by atoms with Crippen molar-refractivity contribution in [3.63, 3.8) is 0 Å². The molecule has 0 saturated carbocycles. The second-order valence-corrected chi connectivity index (χ2v) is 5.20. The number of ether oxygens (including phenoxy) is 1. The van der Waals surface area contributed by atoms with Crippen molar-refractivity contribution in [1.29, 1.82) is 0 Å². The summed E-state index contributed by atoms with van der Waals surface area (Å²) in [6.07, 6.45) is 6.20. The van der Waals surface area contributed by atoms with E-state index in [1.807, 2.05) is 0 Å². The molecule has 7 nitrogen and oxygen atoms in total. The summed E-state index contributed by atoms with van der Waals surface area (Å²) >= 11 is 0. The van der Waals surface area contributed by atoms with Gasteiger partial charge in [-0.25, -0.2) is 9.59 Å². The van der Waals surface area contributed by atoms with Gasteiger partial charge < -0.3 is 9.84 Å². The number of nitro groups is 1. The van der Waals surface area contributed by atoms with Crippen LogP contribution in [-0.4, -0.2) is 28.6 Å². The van der Waals surface area contributed by atoms with Gasteiger partial charge in [0.25, 0.3) is 5.69 Å². The van der Waals surface area contributed by atoms with Crippen molar-refractivity contribution in [2.75, 3.05) is 6.61 Å². The van der Waals surface area contributed by atoms with Crippen LogP contribution in [0.25, 0.3) is 0 Å². The maximum atomic E-state index is 11.9. The molecule has 1 aromatic rings. The van der Waals surface area contributed by atoms with E-state index in [1.54, 1.807) is 0 Å². The fourth-order valence-electron chi connectivity index (χ4n) is 2.11. The molecule has 7 heteroatoms. The van der Waals surface area contributed by atoms with E-state index in [0.717, 1.165) is 43.9 Å². The van der Waals surface area contributed by atoms with Crippen LogP contribution in [0.5, 0.6) is 0 Å². The summed E-state index contributed by atoms with van der Waals surface area (Å²) in [5.74, 6) is -2.10. The van der Waals surface area contributed by atoms with Gasteiger partial charge in [-0.1, -0.05) is 39.0 Å². The van der Waals surface area contributed by atoms with Crippen LogP contribution in [0.15, 0.2) is 18.2 Å². The molecule has 0 bridgehead atoms. The van der Waals surface area contributed by atoms with E-state index in [-0.39, 0.29) is 17.7 Å². The van der Waals surface area contributed by atoms with Crippen LogP contribution in [0.3, 0.4) is 0 Å². The maximum absolute atomic E-state index is 11.9. The van der Waals surface area contributed by atoms with Crippen LogP contribution < -0.4 is 0 Å². The third-order valence-corrected chi connectivity index (χ3v) is 3.39. The van der Waals surface area contributed by atoms with E-state index < -0.39 is 22.5 Å². The van der Waals surface area contributed by atoms with Crippen LogP contribution in [0.1, 0.15) is 66.2 Å². The molecule has 0 amide bonds. The Bertz CT molecular complexity index is 570. The molecule has 0 aliphatic rings. The SMILES string of the molecule is CCCCCCCCOC(=O)c1ccc(C(=O)O)cc1[N+](=O)[O-]. The van der Waals surface area contributed by atoms with Gasteiger partial charge in [0.1, 0.15) is 5.56 Å². The van der Waals surface area contributed by atoms with Gasteiger partial charge in [-0.2, -0.15) is 0 Å². The van der Waals surface area contributed by atoms with Gasteiger partial charge in [-0.15, -0.1) is 0 Å². The summed E-state index contributed by atoms with van der Waals surface area (Å²) in [5, 5.41) is 19.8. The third-order valence-electron chi connectivity index (χ3n) is 3.39. The second-order valence-electron chi connectivity index (χ2n) is 5.20. The monoisotopic (exact) mass is 323 g/mol. The number of hydrogen-bond acceptors (Lipinski definition) is 5. The number of benzene rings is 1. The quantitative estimate of drug-likeness (QED) is 0.304. The van der Waals surface area contributed by atoms with E-state index in [2.05, 4.69) is 6.92 Å². The normalized spacial score (nSPS) is 10.3. The van der Waals surface area contributed by atoms with Crippen molar-refractivity contribution in [3.05, 3.63) is 39.4 Å². The lowest BCUT2D eigenvalue weighted by Gasteiger charge is -2.06. The zero-order valence-electron chi connectivity index (χ0n) is 13.1. The summed E-state index contributed by atoms with van der Waals surface area (Å²) in [6, 6.07) is 3.13. The molecule has 0 aliphatic heterocycles. The Balaban J connectivity index is 2.58. The van der Waals surface area contributed by atoms with Crippen LogP contribution in [0, 0.1) is 10.1 Å². The average Bonchev–Trinajstić information content (AvgIpc) is 2.53. The predicted molar refractivity (Wildman–Crippen MR) is 83.7 cm³/mol. The molecule has 0 fully saturated rings.